The summed E-state index contributed by atoms with van der Waals surface area (Å²) < 4.78 is 0. The van der Waals surface area contributed by atoms with Crippen LogP contribution in [0.4, 0.5) is 0 Å². The van der Waals surface area contributed by atoms with E-state index in [1.807, 2.05) is 18.2 Å². The van der Waals surface area contributed by atoms with E-state index in [9.17, 15) is 0 Å². The van der Waals surface area contributed by atoms with Gasteiger partial charge in [0.15, 0.2) is 0 Å². The molecule has 1 radical (unpaired) electrons. The molecule has 1 aliphatic rings. The number of benzene rings is 8. The number of aromatic nitrogens is 1. The largest absolute Gasteiger partial charge is 0.296 e. The van der Waals surface area contributed by atoms with Crippen LogP contribution in [0.25, 0.3) is 44.4 Å². The fourth-order valence-corrected chi connectivity index (χ4v) is 13.7. The van der Waals surface area contributed by atoms with Gasteiger partial charge >= 0.3 is 0 Å². The molecule has 1 nitrogen and oxygen atoms in total. The number of hydrogen-bond donors (Lipinski definition) is 0. The van der Waals surface area contributed by atoms with E-state index in [-0.39, 0.29) is 20.1 Å². The molecular formula is C51H38IrNP2+. The molecule has 265 valence electrons. The molecule has 4 heteroatoms. The van der Waals surface area contributed by atoms with E-state index in [2.05, 4.69) is 206 Å². The van der Waals surface area contributed by atoms with Crippen LogP contribution in [0.2, 0.25) is 0 Å². The minimum Gasteiger partial charge on any atom is -0.296 e. The minimum atomic E-state index is -1.14. The Morgan fingerprint density at radius 2 is 0.782 bits per heavy atom. The maximum Gasteiger partial charge on any atom is 0.144 e. The smallest absolute Gasteiger partial charge is 0.144 e. The number of nitrogens with zero attached hydrogens (tertiary/aromatic N) is 1. The SMILES string of the molecule is [Ir].[c-]1ccccc1-c1cc2c3c(cccc3n1)-c1ccccc1-2.c1ccc([PH+](c2ccccc2)c2ccccc2[PH+](c2ccccc2)c2ccccc2)cc1. The Morgan fingerprint density at radius 1 is 0.364 bits per heavy atom. The summed E-state index contributed by atoms with van der Waals surface area (Å²) >= 11 is 0. The van der Waals surface area contributed by atoms with Gasteiger partial charge in [-0.2, -0.15) is 0 Å². The zero-order valence-electron chi connectivity index (χ0n) is 30.1. The van der Waals surface area contributed by atoms with E-state index >= 15 is 0 Å². The van der Waals surface area contributed by atoms with Crippen LogP contribution in [0.5, 0.6) is 0 Å². The van der Waals surface area contributed by atoms with Gasteiger partial charge < -0.3 is 0 Å². The fourth-order valence-electron chi connectivity index (χ4n) is 7.66. The Bertz CT molecular complexity index is 2470. The quantitative estimate of drug-likeness (QED) is 0.115. The first-order valence-corrected chi connectivity index (χ1v) is 21.4. The van der Waals surface area contributed by atoms with Crippen molar-refractivity contribution >= 4 is 58.6 Å². The van der Waals surface area contributed by atoms with Crippen LogP contribution < -0.4 is 31.8 Å². The van der Waals surface area contributed by atoms with Gasteiger partial charge in [0.1, 0.15) is 47.7 Å². The molecule has 8 aromatic carbocycles. The third-order valence-electron chi connectivity index (χ3n) is 10.0. The average Bonchev–Trinajstić information content (AvgIpc) is 3.58. The molecule has 0 aliphatic heterocycles. The first-order valence-electron chi connectivity index (χ1n) is 18.4. The van der Waals surface area contributed by atoms with Crippen molar-refractivity contribution in [2.24, 2.45) is 0 Å². The summed E-state index contributed by atoms with van der Waals surface area (Å²) in [6.07, 6.45) is 0. The third kappa shape index (κ3) is 7.53. The van der Waals surface area contributed by atoms with Crippen molar-refractivity contribution < 1.29 is 20.1 Å². The van der Waals surface area contributed by atoms with Crippen LogP contribution in [0.1, 0.15) is 0 Å². The summed E-state index contributed by atoms with van der Waals surface area (Å²) in [5.41, 5.74) is 8.25. The van der Waals surface area contributed by atoms with Crippen molar-refractivity contribution in [1.29, 1.82) is 0 Å². The van der Waals surface area contributed by atoms with E-state index in [1.54, 1.807) is 0 Å². The van der Waals surface area contributed by atoms with E-state index in [0.717, 1.165) is 16.8 Å². The fraction of sp³-hybridized carbons (Fsp3) is 0. The van der Waals surface area contributed by atoms with Crippen molar-refractivity contribution in [2.75, 3.05) is 0 Å². The molecule has 9 aromatic rings. The third-order valence-corrected chi connectivity index (χ3v) is 15.9. The number of pyridine rings is 1. The zero-order valence-corrected chi connectivity index (χ0v) is 34.5. The van der Waals surface area contributed by atoms with Gasteiger partial charge in [0.05, 0.1) is 5.52 Å². The molecule has 0 saturated heterocycles. The van der Waals surface area contributed by atoms with Crippen molar-refractivity contribution in [3.63, 3.8) is 0 Å². The van der Waals surface area contributed by atoms with E-state index in [1.165, 1.54) is 59.5 Å². The van der Waals surface area contributed by atoms with Gasteiger partial charge in [0.25, 0.3) is 0 Å². The first kappa shape index (κ1) is 36.6. The molecule has 0 amide bonds. The van der Waals surface area contributed by atoms with Gasteiger partial charge in [0.2, 0.25) is 0 Å². The van der Waals surface area contributed by atoms with Crippen LogP contribution in [0.15, 0.2) is 218 Å². The van der Waals surface area contributed by atoms with Crippen LogP contribution >= 0.6 is 15.8 Å². The molecule has 0 atom stereocenters. The summed E-state index contributed by atoms with van der Waals surface area (Å²) in [5.74, 6) is 0. The molecule has 0 saturated carbocycles. The Labute approximate surface area is 339 Å². The van der Waals surface area contributed by atoms with E-state index < -0.39 is 15.8 Å². The van der Waals surface area contributed by atoms with Crippen molar-refractivity contribution in [3.8, 4) is 33.5 Å². The van der Waals surface area contributed by atoms with Gasteiger partial charge in [-0.1, -0.05) is 127 Å². The second-order valence-corrected chi connectivity index (χ2v) is 18.2. The summed E-state index contributed by atoms with van der Waals surface area (Å²) in [5, 5.41) is 9.98. The molecule has 1 aliphatic carbocycles. The summed E-state index contributed by atoms with van der Waals surface area (Å²) in [6.45, 7) is 0. The molecule has 1 aromatic heterocycles. The summed E-state index contributed by atoms with van der Waals surface area (Å²) in [7, 11) is -2.28. The van der Waals surface area contributed by atoms with Gasteiger partial charge in [0, 0.05) is 25.5 Å². The van der Waals surface area contributed by atoms with E-state index in [0.29, 0.717) is 0 Å². The minimum absolute atomic E-state index is 0. The van der Waals surface area contributed by atoms with Crippen LogP contribution in [-0.4, -0.2) is 4.98 Å². The van der Waals surface area contributed by atoms with Gasteiger partial charge in [-0.25, -0.2) is 0 Å². The zero-order chi connectivity index (χ0) is 36.1. The maximum absolute atomic E-state index is 4.86. The van der Waals surface area contributed by atoms with Gasteiger partial charge in [-0.3, -0.25) is 4.98 Å². The molecule has 0 fully saturated rings. The predicted octanol–water partition coefficient (Wildman–Crippen LogP) is 10.0. The Hall–Kier alpha value is -5.32. The van der Waals surface area contributed by atoms with Crippen LogP contribution in [0.3, 0.4) is 0 Å². The molecule has 0 bridgehead atoms. The monoisotopic (exact) mass is 919 g/mol. The number of fused-ring (bicyclic) bond motifs is 3. The normalized spacial score (nSPS) is 11.1. The Balaban J connectivity index is 0.000000162. The van der Waals surface area contributed by atoms with Crippen LogP contribution in [0, 0.1) is 6.07 Å². The van der Waals surface area contributed by atoms with Gasteiger partial charge in [-0.15, -0.1) is 35.9 Å². The maximum atomic E-state index is 4.86. The van der Waals surface area contributed by atoms with Crippen LogP contribution in [-0.2, 0) is 20.1 Å². The van der Waals surface area contributed by atoms with Crippen molar-refractivity contribution in [3.05, 3.63) is 224 Å². The number of rotatable bonds is 7. The molecule has 1 heterocycles. The Kier molecular flexibility index (Phi) is 11.3. The second kappa shape index (κ2) is 17.0. The topological polar surface area (TPSA) is 12.9 Å². The average molecular weight is 919 g/mol. The molecule has 0 spiro atoms. The van der Waals surface area contributed by atoms with Crippen molar-refractivity contribution in [2.45, 2.75) is 0 Å². The molecule has 0 N–H and O–H groups in total. The molecular weight excluding hydrogens is 881 g/mol. The van der Waals surface area contributed by atoms with E-state index in [4.69, 9.17) is 4.98 Å². The Morgan fingerprint density at radius 3 is 1.25 bits per heavy atom. The van der Waals surface area contributed by atoms with Gasteiger partial charge in [-0.05, 0) is 94.7 Å². The summed E-state index contributed by atoms with van der Waals surface area (Å²) in [6, 6.07) is 81.9. The second-order valence-electron chi connectivity index (χ2n) is 13.3. The first-order chi connectivity index (χ1) is 26.8. The molecule has 0 unspecified atom stereocenters. The molecule has 10 rings (SSSR count). The predicted molar refractivity (Wildman–Crippen MR) is 237 cm³/mol. The molecule has 55 heavy (non-hydrogen) atoms. The standard InChI is InChI=1S/C30H24P2.C21H12N.Ir/c1-5-15-25(16-6-1)31(26-17-7-2-8-18-26)29-23-13-14-24-30(29)32(27-19-9-3-10-20-27)28-21-11-4-12-22-28;1-2-7-14(8-3-1)20-13-18-16-10-5-4-9-15(16)17-11-6-12-19(22-20)21(17)18;/h1-24H;1-7,9-13H;/q;-1;/p+2. The summed E-state index contributed by atoms with van der Waals surface area (Å²) in [4.78, 5) is 4.86. The van der Waals surface area contributed by atoms with Crippen molar-refractivity contribution in [1.82, 2.24) is 4.98 Å². The number of hydrogen-bond acceptors (Lipinski definition) is 1.